The van der Waals surface area contributed by atoms with E-state index in [0.29, 0.717) is 5.75 Å². The predicted molar refractivity (Wildman–Crippen MR) is 90.5 cm³/mol. The average molecular weight is 309 g/mol. The molecule has 2 atom stereocenters. The van der Waals surface area contributed by atoms with Crippen LogP contribution in [0.15, 0.2) is 24.3 Å². The largest absolute Gasteiger partial charge is 0.459 e. The molecule has 0 spiro atoms. The van der Waals surface area contributed by atoms with E-state index >= 15 is 0 Å². The summed E-state index contributed by atoms with van der Waals surface area (Å²) < 4.78 is 5.30. The maximum Gasteiger partial charge on any atom is 0.316 e. The van der Waals surface area contributed by atoms with Crippen LogP contribution in [0.5, 0.6) is 0 Å². The van der Waals surface area contributed by atoms with Crippen molar-refractivity contribution in [3.05, 3.63) is 35.4 Å². The van der Waals surface area contributed by atoms with Crippen LogP contribution in [0.25, 0.3) is 0 Å². The molecule has 2 N–H and O–H groups in total. The molecule has 3 nitrogen and oxygen atoms in total. The van der Waals surface area contributed by atoms with E-state index < -0.39 is 5.60 Å². The fraction of sp³-hybridized carbons (Fsp3) is 0.588. The van der Waals surface area contributed by atoms with Crippen molar-refractivity contribution in [2.45, 2.75) is 57.9 Å². The summed E-state index contributed by atoms with van der Waals surface area (Å²) in [5.41, 5.74) is 8.25. The summed E-state index contributed by atoms with van der Waals surface area (Å²) in [7, 11) is 0. The van der Waals surface area contributed by atoms with Gasteiger partial charge in [-0.1, -0.05) is 38.1 Å². The lowest BCUT2D eigenvalue weighted by Crippen LogP contribution is -2.27. The number of ether oxygens (including phenoxy) is 1. The van der Waals surface area contributed by atoms with Crippen LogP contribution in [0, 0.1) is 0 Å². The molecule has 1 aromatic carbocycles. The Morgan fingerprint density at radius 3 is 2.33 bits per heavy atom. The maximum absolute atomic E-state index is 11.7. The minimum Gasteiger partial charge on any atom is -0.459 e. The molecule has 0 saturated carbocycles. The Morgan fingerprint density at radius 1 is 1.29 bits per heavy atom. The average Bonchev–Trinajstić information content (AvgIpc) is 2.42. The van der Waals surface area contributed by atoms with E-state index in [2.05, 4.69) is 31.2 Å². The molecule has 2 unspecified atom stereocenters. The highest BCUT2D eigenvalue weighted by Gasteiger charge is 2.20. The van der Waals surface area contributed by atoms with Gasteiger partial charge in [-0.3, -0.25) is 4.79 Å². The molecule has 118 valence electrons. The third-order valence-corrected chi connectivity index (χ3v) is 4.38. The zero-order valence-electron chi connectivity index (χ0n) is 13.7. The molecule has 21 heavy (non-hydrogen) atoms. The summed E-state index contributed by atoms with van der Waals surface area (Å²) in [6.07, 6.45) is 1.03. The summed E-state index contributed by atoms with van der Waals surface area (Å²) in [5.74, 6) is 0.145. The van der Waals surface area contributed by atoms with Crippen molar-refractivity contribution >= 4 is 17.7 Å². The summed E-state index contributed by atoms with van der Waals surface area (Å²) in [6.45, 7) is 9.81. The maximum atomic E-state index is 11.7. The number of benzene rings is 1. The molecule has 0 bridgehead atoms. The Morgan fingerprint density at radius 2 is 1.86 bits per heavy atom. The first kappa shape index (κ1) is 18.1. The van der Waals surface area contributed by atoms with E-state index in [1.807, 2.05) is 27.7 Å². The van der Waals surface area contributed by atoms with Crippen molar-refractivity contribution in [3.8, 4) is 0 Å². The van der Waals surface area contributed by atoms with Crippen molar-refractivity contribution in [1.82, 2.24) is 0 Å². The third kappa shape index (κ3) is 6.53. The Kier molecular flexibility index (Phi) is 6.75. The van der Waals surface area contributed by atoms with Crippen LogP contribution in [-0.2, 0) is 16.0 Å². The molecule has 0 amide bonds. The second kappa shape index (κ2) is 7.85. The van der Waals surface area contributed by atoms with Crippen molar-refractivity contribution in [3.63, 3.8) is 0 Å². The lowest BCUT2D eigenvalue weighted by atomic mass is 10.0. The van der Waals surface area contributed by atoms with Gasteiger partial charge < -0.3 is 10.5 Å². The van der Waals surface area contributed by atoms with Crippen molar-refractivity contribution in [1.29, 1.82) is 0 Å². The Balaban J connectivity index is 2.50. The van der Waals surface area contributed by atoms with Gasteiger partial charge in [0.2, 0.25) is 0 Å². The van der Waals surface area contributed by atoms with Crippen molar-refractivity contribution in [2.75, 3.05) is 5.75 Å². The fourth-order valence-corrected chi connectivity index (χ4v) is 2.74. The molecule has 0 aliphatic heterocycles. The lowest BCUT2D eigenvalue weighted by Gasteiger charge is -2.22. The Hall–Kier alpha value is -1.00. The predicted octanol–water partition coefficient (Wildman–Crippen LogP) is 3.71. The van der Waals surface area contributed by atoms with Gasteiger partial charge in [-0.15, -0.1) is 11.8 Å². The summed E-state index contributed by atoms with van der Waals surface area (Å²) in [5, 5.41) is 0.157. The normalized spacial score (nSPS) is 14.6. The first-order valence-electron chi connectivity index (χ1n) is 7.41. The first-order valence-corrected chi connectivity index (χ1v) is 8.45. The Bertz CT molecular complexity index is 451. The molecule has 0 radical (unpaired) electrons. The zero-order chi connectivity index (χ0) is 16.0. The smallest absolute Gasteiger partial charge is 0.316 e. The number of rotatable bonds is 6. The van der Waals surface area contributed by atoms with Gasteiger partial charge in [0, 0.05) is 11.3 Å². The van der Waals surface area contributed by atoms with E-state index in [1.165, 1.54) is 17.3 Å². The van der Waals surface area contributed by atoms with E-state index in [1.54, 1.807) is 0 Å². The summed E-state index contributed by atoms with van der Waals surface area (Å²) >= 11 is 1.54. The fourth-order valence-electron chi connectivity index (χ4n) is 1.92. The summed E-state index contributed by atoms with van der Waals surface area (Å²) in [6, 6.07) is 8.30. The zero-order valence-corrected chi connectivity index (χ0v) is 14.5. The number of thioether (sulfide) groups is 1. The monoisotopic (exact) mass is 309 g/mol. The van der Waals surface area contributed by atoms with Crippen LogP contribution in [0.2, 0.25) is 0 Å². The van der Waals surface area contributed by atoms with E-state index in [4.69, 9.17) is 10.5 Å². The van der Waals surface area contributed by atoms with Crippen LogP contribution >= 0.6 is 11.8 Å². The number of hydrogen-bond acceptors (Lipinski definition) is 4. The second-order valence-electron chi connectivity index (χ2n) is 6.22. The quantitative estimate of drug-likeness (QED) is 0.814. The SMILES string of the molecule is CCc1ccc(C(N)C(C)SCC(=O)OC(C)(C)C)cc1. The van der Waals surface area contributed by atoms with Crippen LogP contribution in [0.3, 0.4) is 0 Å². The van der Waals surface area contributed by atoms with E-state index in [9.17, 15) is 4.79 Å². The number of nitrogens with two attached hydrogens (primary N) is 1. The number of hydrogen-bond donors (Lipinski definition) is 1. The standard InChI is InChI=1S/C17H27NO2S/c1-6-13-7-9-14(10-8-13)16(18)12(2)21-11-15(19)20-17(3,4)5/h7-10,12,16H,6,11,18H2,1-5H3. The number of carbonyl (C=O) groups is 1. The molecule has 1 rings (SSSR count). The second-order valence-corrected chi connectivity index (χ2v) is 7.59. The van der Waals surface area contributed by atoms with E-state index in [-0.39, 0.29) is 17.3 Å². The van der Waals surface area contributed by atoms with Gasteiger partial charge >= 0.3 is 5.97 Å². The Labute approximate surface area is 132 Å². The highest BCUT2D eigenvalue weighted by molar-refractivity contribution is 8.00. The third-order valence-electron chi connectivity index (χ3n) is 3.16. The van der Waals surface area contributed by atoms with Crippen LogP contribution in [0.1, 0.15) is 51.8 Å². The highest BCUT2D eigenvalue weighted by atomic mass is 32.2. The van der Waals surface area contributed by atoms with Gasteiger partial charge in [0.05, 0.1) is 5.75 Å². The topological polar surface area (TPSA) is 52.3 Å². The molecule has 0 aliphatic rings. The van der Waals surface area contributed by atoms with Crippen molar-refractivity contribution in [2.24, 2.45) is 5.73 Å². The molecule has 0 saturated heterocycles. The van der Waals surface area contributed by atoms with Gasteiger partial charge in [-0.2, -0.15) is 0 Å². The van der Waals surface area contributed by atoms with E-state index in [0.717, 1.165) is 12.0 Å². The summed E-state index contributed by atoms with van der Waals surface area (Å²) in [4.78, 5) is 11.7. The van der Waals surface area contributed by atoms with Gasteiger partial charge in [0.15, 0.2) is 0 Å². The number of carbonyl (C=O) groups excluding carboxylic acids is 1. The van der Waals surface area contributed by atoms with Gasteiger partial charge in [0.25, 0.3) is 0 Å². The van der Waals surface area contributed by atoms with Crippen LogP contribution in [-0.4, -0.2) is 22.6 Å². The molecular weight excluding hydrogens is 282 g/mol. The molecule has 0 aromatic heterocycles. The molecular formula is C17H27NO2S. The minimum atomic E-state index is -0.432. The van der Waals surface area contributed by atoms with Crippen LogP contribution in [0.4, 0.5) is 0 Å². The van der Waals surface area contributed by atoms with Gasteiger partial charge in [0.1, 0.15) is 5.60 Å². The molecule has 0 heterocycles. The highest BCUT2D eigenvalue weighted by Crippen LogP contribution is 2.25. The molecule has 0 fully saturated rings. The van der Waals surface area contributed by atoms with Crippen LogP contribution < -0.4 is 5.73 Å². The molecule has 0 aliphatic carbocycles. The molecule has 1 aromatic rings. The number of aryl methyl sites for hydroxylation is 1. The molecule has 4 heteroatoms. The number of esters is 1. The lowest BCUT2D eigenvalue weighted by molar-refractivity contribution is -0.151. The van der Waals surface area contributed by atoms with Crippen molar-refractivity contribution < 1.29 is 9.53 Å². The van der Waals surface area contributed by atoms with Gasteiger partial charge in [-0.25, -0.2) is 0 Å². The first-order chi connectivity index (χ1) is 9.73. The minimum absolute atomic E-state index is 0.0802. The van der Waals surface area contributed by atoms with Gasteiger partial charge in [-0.05, 0) is 38.3 Å².